The third-order valence-electron chi connectivity index (χ3n) is 15.0. The Hall–Kier alpha value is -5.98. The number of nitrogens with one attached hydrogen (secondary N) is 2. The average molecular weight is 1090 g/mol. The molecule has 4 aromatic rings. The van der Waals surface area contributed by atoms with Crippen LogP contribution in [0.2, 0.25) is 0 Å². The van der Waals surface area contributed by atoms with E-state index in [4.69, 9.17) is 23.7 Å². The van der Waals surface area contributed by atoms with Gasteiger partial charge in [-0.1, -0.05) is 100 Å². The number of ether oxygens (including phenoxy) is 5. The Bertz CT molecular complexity index is 2530. The zero-order valence-corrected chi connectivity index (χ0v) is 47.7. The zero-order chi connectivity index (χ0) is 56.6. The second kappa shape index (κ2) is 31.7. The number of Topliss-reactive ketones (excluding diaryl/α,β-unsaturated/α-hetero) is 3. The average Bonchev–Trinajstić information content (AvgIpc) is 4.13. The largest absolute Gasteiger partial charge is 0.427 e. The highest BCUT2D eigenvalue weighted by molar-refractivity contribution is 5.97. The number of methoxy groups -OCH3 is 1. The maximum absolute atomic E-state index is 14.7. The van der Waals surface area contributed by atoms with Crippen LogP contribution in [-0.4, -0.2) is 140 Å². The van der Waals surface area contributed by atoms with Crippen LogP contribution < -0.4 is 15.4 Å². The molecule has 0 unspecified atom stereocenters. The lowest BCUT2D eigenvalue weighted by Gasteiger charge is -2.41. The molecule has 79 heavy (non-hydrogen) atoms. The Morgan fingerprint density at radius 1 is 0.709 bits per heavy atom. The smallest absolute Gasteiger partial charge is 0.311 e. The summed E-state index contributed by atoms with van der Waals surface area (Å²) >= 11 is 0. The Labute approximate surface area is 467 Å². The van der Waals surface area contributed by atoms with Crippen molar-refractivity contribution < 1.29 is 56.9 Å². The fraction of sp³-hybridized carbons (Fsp3) is 0.581. The van der Waals surface area contributed by atoms with Gasteiger partial charge < -0.3 is 38.8 Å². The predicted octanol–water partition coefficient (Wildman–Crippen LogP) is 7.30. The van der Waals surface area contributed by atoms with Crippen LogP contribution in [0.3, 0.4) is 0 Å². The number of esters is 1. The highest BCUT2D eigenvalue weighted by atomic mass is 16.5. The first-order chi connectivity index (χ1) is 38.0. The van der Waals surface area contributed by atoms with Crippen LogP contribution in [0, 0.1) is 29.1 Å². The predicted molar refractivity (Wildman–Crippen MR) is 300 cm³/mol. The van der Waals surface area contributed by atoms with E-state index in [1.807, 2.05) is 107 Å². The molecule has 2 amide bonds. The second-order valence-corrected chi connectivity index (χ2v) is 22.9. The molecule has 0 spiro atoms. The van der Waals surface area contributed by atoms with Gasteiger partial charge in [-0.2, -0.15) is 0 Å². The SMILES string of the molecule is COCCOCCOCCn1cc(CCC(=O)Oc2ccc(C[N+]3(CC(=O)C[C@@H](CCc4ccccc4)C(=O)N[C@@H](CC(C)C)C(=O)C[C@@H](Cc4ccccc4)C(=O)N[C@@H](CC(C)C)C(=O)C4(C)CC4)CCOCC3)cc2)nn1. The molecule has 0 radical (unpaired) electrons. The minimum Gasteiger partial charge on any atom is -0.427 e. The van der Waals surface area contributed by atoms with Gasteiger partial charge in [0.15, 0.2) is 17.3 Å². The third kappa shape index (κ3) is 21.5. The molecule has 17 heteroatoms. The van der Waals surface area contributed by atoms with Crippen LogP contribution in [0.1, 0.15) is 108 Å². The lowest BCUT2D eigenvalue weighted by atomic mass is 9.87. The van der Waals surface area contributed by atoms with Crippen molar-refractivity contribution in [1.82, 2.24) is 25.6 Å². The van der Waals surface area contributed by atoms with Crippen molar-refractivity contribution in [1.29, 1.82) is 0 Å². The summed E-state index contributed by atoms with van der Waals surface area (Å²) in [5.74, 6) is -2.30. The number of ketones is 3. The molecule has 1 saturated heterocycles. The van der Waals surface area contributed by atoms with E-state index in [9.17, 15) is 28.8 Å². The number of hydrogen-bond acceptors (Lipinski definition) is 13. The number of amides is 2. The molecule has 6 rings (SSSR count). The van der Waals surface area contributed by atoms with Gasteiger partial charge in [0.25, 0.3) is 0 Å². The van der Waals surface area contributed by atoms with E-state index in [0.29, 0.717) is 120 Å². The lowest BCUT2D eigenvalue weighted by molar-refractivity contribution is -0.940. The summed E-state index contributed by atoms with van der Waals surface area (Å²) in [6, 6.07) is 25.2. The molecule has 1 aliphatic carbocycles. The van der Waals surface area contributed by atoms with Gasteiger partial charge >= 0.3 is 5.97 Å². The summed E-state index contributed by atoms with van der Waals surface area (Å²) in [4.78, 5) is 84.7. The maximum atomic E-state index is 14.7. The Morgan fingerprint density at radius 2 is 1.32 bits per heavy atom. The molecule has 1 saturated carbocycles. The van der Waals surface area contributed by atoms with Crippen molar-refractivity contribution in [3.63, 3.8) is 0 Å². The number of quaternary nitrogens is 1. The summed E-state index contributed by atoms with van der Waals surface area (Å²) < 4.78 is 29.5. The molecule has 1 aromatic heterocycles. The van der Waals surface area contributed by atoms with Crippen LogP contribution >= 0.6 is 0 Å². The van der Waals surface area contributed by atoms with Crippen molar-refractivity contribution in [3.8, 4) is 5.75 Å². The fourth-order valence-corrected chi connectivity index (χ4v) is 10.2. The topological polar surface area (TPSA) is 203 Å². The van der Waals surface area contributed by atoms with Crippen molar-refractivity contribution in [2.45, 2.75) is 130 Å². The van der Waals surface area contributed by atoms with Crippen molar-refractivity contribution >= 4 is 35.1 Å². The highest BCUT2D eigenvalue weighted by Crippen LogP contribution is 2.47. The molecular formula is C62H87N6O11+. The van der Waals surface area contributed by atoms with Gasteiger partial charge in [0, 0.05) is 55.4 Å². The quantitative estimate of drug-likeness (QED) is 0.0197. The summed E-state index contributed by atoms with van der Waals surface area (Å²) in [5, 5.41) is 14.5. The number of rotatable bonds is 37. The van der Waals surface area contributed by atoms with Crippen molar-refractivity contribution in [2.75, 3.05) is 73.0 Å². The number of nitrogens with zero attached hydrogens (tertiary/aromatic N) is 4. The molecule has 0 bridgehead atoms. The normalized spacial score (nSPS) is 16.2. The third-order valence-corrected chi connectivity index (χ3v) is 15.0. The number of morpholine rings is 1. The number of aromatic nitrogens is 3. The minimum atomic E-state index is -0.896. The molecule has 4 atom stereocenters. The minimum absolute atomic E-state index is 0.0170. The van der Waals surface area contributed by atoms with Crippen LogP contribution in [0.15, 0.2) is 91.1 Å². The Kier molecular flexibility index (Phi) is 25.0. The summed E-state index contributed by atoms with van der Waals surface area (Å²) in [6.07, 6.45) is 5.81. The summed E-state index contributed by atoms with van der Waals surface area (Å²) in [5.41, 5.74) is 3.11. The number of hydrogen-bond donors (Lipinski definition) is 2. The molecule has 430 valence electrons. The first kappa shape index (κ1) is 62.2. The number of carbonyl (C=O) groups excluding carboxylic acids is 6. The van der Waals surface area contributed by atoms with E-state index >= 15 is 0 Å². The van der Waals surface area contributed by atoms with Gasteiger partial charge in [0.2, 0.25) is 11.8 Å². The van der Waals surface area contributed by atoms with E-state index < -0.39 is 35.3 Å². The first-order valence-corrected chi connectivity index (χ1v) is 28.5. The van der Waals surface area contributed by atoms with E-state index in [-0.39, 0.29) is 73.2 Å². The van der Waals surface area contributed by atoms with Gasteiger partial charge in [-0.15, -0.1) is 5.10 Å². The number of benzene rings is 3. The molecule has 2 heterocycles. The summed E-state index contributed by atoms with van der Waals surface area (Å²) in [7, 11) is 1.63. The van der Waals surface area contributed by atoms with Gasteiger partial charge in [-0.3, -0.25) is 28.8 Å². The zero-order valence-electron chi connectivity index (χ0n) is 47.7. The maximum Gasteiger partial charge on any atom is 0.311 e. The van der Waals surface area contributed by atoms with E-state index in [2.05, 4.69) is 20.9 Å². The van der Waals surface area contributed by atoms with Crippen molar-refractivity contribution in [3.05, 3.63) is 114 Å². The number of aryl methyl sites for hydroxylation is 2. The molecule has 17 nitrogen and oxygen atoms in total. The lowest BCUT2D eigenvalue weighted by Crippen LogP contribution is -2.57. The molecule has 1 aliphatic heterocycles. The van der Waals surface area contributed by atoms with Crippen LogP contribution in [-0.2, 0) is 80.1 Å². The van der Waals surface area contributed by atoms with Crippen LogP contribution in [0.4, 0.5) is 0 Å². The standard InChI is InChI=1S/C62H86N6O11/c1-45(2)37-55(57(70)41-51(39-48-15-11-8-12-16-48)61(74)64-56(38-46(3)4)59(72)62(5)25-26-62)63-60(73)50(20-17-47-13-9-7-10-14-47)40-53(69)44-68(28-31-77-32-29-68)43-49-18-22-54(23-19-49)79-58(71)24-21-52-42-67(66-65-52)27-30-76-35-36-78-34-33-75-6/h7-16,18-19,22-23,42,45-46,50-51,55-56H,17,20-21,24-41,43-44H2,1-6H3,(H-,63,64,73,74)/p+1/t50-,51-,55+,56+/m1/s1. The van der Waals surface area contributed by atoms with Gasteiger partial charge in [0.1, 0.15) is 31.9 Å². The molecule has 2 N–H and O–H groups in total. The van der Waals surface area contributed by atoms with Crippen molar-refractivity contribution in [2.24, 2.45) is 29.1 Å². The van der Waals surface area contributed by atoms with Gasteiger partial charge in [0.05, 0.1) is 77.0 Å². The van der Waals surface area contributed by atoms with E-state index in [1.54, 1.807) is 30.1 Å². The second-order valence-electron chi connectivity index (χ2n) is 22.9. The van der Waals surface area contributed by atoms with Crippen LogP contribution in [0.5, 0.6) is 5.75 Å². The van der Waals surface area contributed by atoms with Gasteiger partial charge in [-0.05, 0) is 92.2 Å². The van der Waals surface area contributed by atoms with Gasteiger partial charge in [-0.25, -0.2) is 4.68 Å². The molecule has 2 fully saturated rings. The monoisotopic (exact) mass is 1090 g/mol. The molecular weight excluding hydrogens is 1000 g/mol. The Morgan fingerprint density at radius 3 is 1.96 bits per heavy atom. The molecule has 3 aromatic carbocycles. The van der Waals surface area contributed by atoms with Crippen LogP contribution in [0.25, 0.3) is 0 Å². The van der Waals surface area contributed by atoms with E-state index in [0.717, 1.165) is 29.5 Å². The number of carbonyl (C=O) groups is 6. The Balaban J connectivity index is 1.08. The first-order valence-electron chi connectivity index (χ1n) is 28.5. The summed E-state index contributed by atoms with van der Waals surface area (Å²) in [6.45, 7) is 15.8. The molecule has 2 aliphatic rings. The fourth-order valence-electron chi connectivity index (χ4n) is 10.2. The highest BCUT2D eigenvalue weighted by Gasteiger charge is 2.48. The van der Waals surface area contributed by atoms with E-state index in [1.165, 1.54) is 0 Å².